The third kappa shape index (κ3) is 3.00. The Labute approximate surface area is 138 Å². The summed E-state index contributed by atoms with van der Waals surface area (Å²) in [6, 6.07) is 3.45. The van der Waals surface area contributed by atoms with Gasteiger partial charge in [-0.05, 0) is 31.5 Å². The summed E-state index contributed by atoms with van der Waals surface area (Å²) in [6.07, 6.45) is -0.567. The lowest BCUT2D eigenvalue weighted by molar-refractivity contribution is 0.172. The van der Waals surface area contributed by atoms with Gasteiger partial charge in [0.05, 0.1) is 21.3 Å². The number of H-pyrrole nitrogens is 1. The third-order valence-corrected chi connectivity index (χ3v) is 3.70. The van der Waals surface area contributed by atoms with Crippen molar-refractivity contribution < 1.29 is 14.6 Å². The number of amides is 1. The summed E-state index contributed by atoms with van der Waals surface area (Å²) in [5.74, 6) is 0.0376. The number of benzene rings is 1. The predicted octanol–water partition coefficient (Wildman–Crippen LogP) is 4.37. The summed E-state index contributed by atoms with van der Waals surface area (Å²) >= 11 is 12.5. The van der Waals surface area contributed by atoms with Crippen molar-refractivity contribution in [2.24, 2.45) is 0 Å². The van der Waals surface area contributed by atoms with Gasteiger partial charge in [-0.2, -0.15) is 0 Å². The van der Waals surface area contributed by atoms with E-state index in [0.717, 1.165) is 5.56 Å². The van der Waals surface area contributed by atoms with Gasteiger partial charge in [0, 0.05) is 19.7 Å². The number of hydrogen-bond donors (Lipinski definition) is 2. The summed E-state index contributed by atoms with van der Waals surface area (Å²) in [6.45, 7) is 3.54. The Balaban J connectivity index is 2.64. The average Bonchev–Trinajstić information content (AvgIpc) is 2.64. The predicted molar refractivity (Wildman–Crippen MR) is 87.1 cm³/mol. The number of aromatic hydroxyl groups is 1. The molecule has 0 aliphatic heterocycles. The van der Waals surface area contributed by atoms with E-state index in [4.69, 9.17) is 27.9 Å². The molecule has 0 spiro atoms. The Morgan fingerprint density at radius 3 is 2.23 bits per heavy atom. The van der Waals surface area contributed by atoms with E-state index in [2.05, 4.69) is 4.98 Å². The first-order chi connectivity index (χ1) is 10.2. The minimum absolute atomic E-state index is 0.160. The number of ether oxygens (including phenoxy) is 1. The highest BCUT2D eigenvalue weighted by molar-refractivity contribution is 6.39. The summed E-state index contributed by atoms with van der Waals surface area (Å²) in [5, 5.41) is 10.9. The maximum Gasteiger partial charge on any atom is 0.414 e. The molecule has 0 radical (unpaired) electrons. The van der Waals surface area contributed by atoms with Crippen molar-refractivity contribution in [3.63, 3.8) is 0 Å². The van der Waals surface area contributed by atoms with Gasteiger partial charge in [0.25, 0.3) is 0 Å². The average molecular weight is 343 g/mol. The third-order valence-electron chi connectivity index (χ3n) is 3.10. The highest BCUT2D eigenvalue weighted by Crippen LogP contribution is 2.46. The van der Waals surface area contributed by atoms with E-state index in [1.165, 1.54) is 4.90 Å². The van der Waals surface area contributed by atoms with E-state index in [9.17, 15) is 9.90 Å². The number of rotatable bonds is 2. The maximum absolute atomic E-state index is 11.8. The van der Waals surface area contributed by atoms with Gasteiger partial charge in [-0.3, -0.25) is 0 Å². The molecule has 0 atom stereocenters. The van der Waals surface area contributed by atoms with Crippen LogP contribution in [0.2, 0.25) is 10.0 Å². The highest BCUT2D eigenvalue weighted by atomic mass is 35.5. The highest BCUT2D eigenvalue weighted by Gasteiger charge is 2.25. The number of carbonyl (C=O) groups excluding carboxylic acids is 1. The van der Waals surface area contributed by atoms with Crippen LogP contribution in [-0.2, 0) is 0 Å². The van der Waals surface area contributed by atoms with Crippen LogP contribution in [0.1, 0.15) is 11.3 Å². The van der Waals surface area contributed by atoms with E-state index < -0.39 is 6.09 Å². The number of nitrogens with zero attached hydrogens (tertiary/aromatic N) is 1. The van der Waals surface area contributed by atoms with Crippen molar-refractivity contribution in [2.75, 3.05) is 14.1 Å². The van der Waals surface area contributed by atoms with E-state index in [-0.39, 0.29) is 17.2 Å². The van der Waals surface area contributed by atoms with Crippen LogP contribution < -0.4 is 4.74 Å². The van der Waals surface area contributed by atoms with Crippen molar-refractivity contribution in [3.8, 4) is 22.8 Å². The van der Waals surface area contributed by atoms with E-state index in [0.29, 0.717) is 21.3 Å². The van der Waals surface area contributed by atoms with Gasteiger partial charge in [-0.25, -0.2) is 4.79 Å². The van der Waals surface area contributed by atoms with Gasteiger partial charge in [0.1, 0.15) is 0 Å². The molecule has 22 heavy (non-hydrogen) atoms. The molecule has 1 amide bonds. The minimum Gasteiger partial charge on any atom is -0.494 e. The molecule has 1 aromatic heterocycles. The van der Waals surface area contributed by atoms with Crippen LogP contribution in [0.15, 0.2) is 12.1 Å². The van der Waals surface area contributed by atoms with E-state index >= 15 is 0 Å². The zero-order valence-electron chi connectivity index (χ0n) is 12.6. The minimum atomic E-state index is -0.567. The van der Waals surface area contributed by atoms with Gasteiger partial charge in [-0.1, -0.05) is 23.2 Å². The van der Waals surface area contributed by atoms with Crippen molar-refractivity contribution in [1.29, 1.82) is 0 Å². The molecule has 5 nitrogen and oxygen atoms in total. The lowest BCUT2D eigenvalue weighted by Gasteiger charge is -2.14. The zero-order chi connectivity index (χ0) is 16.6. The fourth-order valence-electron chi connectivity index (χ4n) is 2.07. The fraction of sp³-hybridized carbons (Fsp3) is 0.267. The lowest BCUT2D eigenvalue weighted by atomic mass is 10.0. The lowest BCUT2D eigenvalue weighted by Crippen LogP contribution is -2.25. The molecule has 1 heterocycles. The Bertz CT molecular complexity index is 716. The van der Waals surface area contributed by atoms with Crippen LogP contribution in [0.3, 0.4) is 0 Å². The number of halogens is 2. The molecule has 2 rings (SSSR count). The molecule has 0 aliphatic rings. The summed E-state index contributed by atoms with van der Waals surface area (Å²) in [4.78, 5) is 15.8. The second-order valence-corrected chi connectivity index (χ2v) is 5.98. The Kier molecular flexibility index (Phi) is 4.58. The summed E-state index contributed by atoms with van der Waals surface area (Å²) < 4.78 is 5.33. The fourth-order valence-corrected chi connectivity index (χ4v) is 2.85. The van der Waals surface area contributed by atoms with Gasteiger partial charge in [-0.15, -0.1) is 0 Å². The second-order valence-electron chi connectivity index (χ2n) is 5.17. The molecular formula is C15H16Cl2N2O3. The Morgan fingerprint density at radius 1 is 1.18 bits per heavy atom. The normalized spacial score (nSPS) is 10.6. The molecule has 118 valence electrons. The first-order valence-corrected chi connectivity index (χ1v) is 7.24. The second kappa shape index (κ2) is 6.10. The number of aromatic amines is 1. The van der Waals surface area contributed by atoms with Crippen LogP contribution in [0.4, 0.5) is 4.79 Å². The van der Waals surface area contributed by atoms with Crippen LogP contribution in [0, 0.1) is 13.8 Å². The van der Waals surface area contributed by atoms with Crippen molar-refractivity contribution in [2.45, 2.75) is 13.8 Å². The molecule has 0 bridgehead atoms. The first kappa shape index (κ1) is 16.5. The monoisotopic (exact) mass is 342 g/mol. The Morgan fingerprint density at radius 2 is 1.73 bits per heavy atom. The molecule has 0 aliphatic carbocycles. The molecule has 1 aromatic carbocycles. The van der Waals surface area contributed by atoms with Crippen molar-refractivity contribution in [1.82, 2.24) is 9.88 Å². The molecule has 7 heteroatoms. The van der Waals surface area contributed by atoms with E-state index in [1.54, 1.807) is 33.2 Å². The molecule has 0 fully saturated rings. The number of nitrogens with one attached hydrogen (secondary N) is 1. The quantitative estimate of drug-likeness (QED) is 0.851. The van der Waals surface area contributed by atoms with Gasteiger partial charge in [0.15, 0.2) is 5.75 Å². The molecule has 0 saturated carbocycles. The molecule has 2 aromatic rings. The molecule has 0 saturated heterocycles. The number of aryl methyl sites for hydroxylation is 2. The molecule has 0 unspecified atom stereocenters. The van der Waals surface area contributed by atoms with Crippen LogP contribution >= 0.6 is 23.2 Å². The standard InChI is InChI=1S/C15H16Cl2N2O3/c1-7-5-9(16)11(10(17)6-7)12-13(8(2)18-14(12)20)22-15(21)19(3)4/h5-6,18,20H,1-4H3. The number of aromatic nitrogens is 1. The van der Waals surface area contributed by atoms with Gasteiger partial charge in [0.2, 0.25) is 5.88 Å². The first-order valence-electron chi connectivity index (χ1n) is 6.49. The molecule has 2 N–H and O–H groups in total. The smallest absolute Gasteiger partial charge is 0.414 e. The maximum atomic E-state index is 11.8. The Hall–Kier alpha value is -1.85. The summed E-state index contributed by atoms with van der Waals surface area (Å²) in [7, 11) is 3.13. The van der Waals surface area contributed by atoms with Crippen molar-refractivity contribution in [3.05, 3.63) is 33.4 Å². The summed E-state index contributed by atoms with van der Waals surface area (Å²) in [5.41, 5.74) is 2.06. The zero-order valence-corrected chi connectivity index (χ0v) is 14.1. The largest absolute Gasteiger partial charge is 0.494 e. The number of hydrogen-bond acceptors (Lipinski definition) is 3. The number of carbonyl (C=O) groups is 1. The van der Waals surface area contributed by atoms with Gasteiger partial charge >= 0.3 is 6.09 Å². The van der Waals surface area contributed by atoms with Crippen LogP contribution in [-0.4, -0.2) is 35.2 Å². The molecular weight excluding hydrogens is 327 g/mol. The van der Waals surface area contributed by atoms with Crippen LogP contribution in [0.25, 0.3) is 11.1 Å². The van der Waals surface area contributed by atoms with Gasteiger partial charge < -0.3 is 19.7 Å². The van der Waals surface area contributed by atoms with Crippen molar-refractivity contribution >= 4 is 29.3 Å². The topological polar surface area (TPSA) is 65.6 Å². The SMILES string of the molecule is Cc1cc(Cl)c(-c2c(O)[nH]c(C)c2OC(=O)N(C)C)c(Cl)c1. The van der Waals surface area contributed by atoms with Crippen LogP contribution in [0.5, 0.6) is 11.6 Å². The van der Waals surface area contributed by atoms with E-state index in [1.807, 2.05) is 6.92 Å².